The summed E-state index contributed by atoms with van der Waals surface area (Å²) in [5, 5.41) is 0. The Kier molecular flexibility index (Phi) is 2.56. The molecule has 1 heterocycles. The molecule has 1 atom stereocenters. The largest absolute Gasteiger partial charge is 0.324 e. The zero-order valence-corrected chi connectivity index (χ0v) is 12.7. The lowest BCUT2D eigenvalue weighted by molar-refractivity contribution is -0.00955. The maximum atomic E-state index is 6.22. The van der Waals surface area contributed by atoms with Crippen molar-refractivity contribution in [3.05, 3.63) is 23.3 Å². The lowest BCUT2D eigenvalue weighted by atomic mass is 9.49. The molecule has 0 radical (unpaired) electrons. The van der Waals surface area contributed by atoms with Crippen LogP contribution in [-0.4, -0.2) is 9.97 Å². The Balaban J connectivity index is 1.55. The van der Waals surface area contributed by atoms with Crippen LogP contribution in [0, 0.1) is 17.8 Å². The third kappa shape index (κ3) is 1.82. The fourth-order valence-corrected chi connectivity index (χ4v) is 6.22. The maximum Gasteiger partial charge on any atom is 0.134 e. The first kappa shape index (κ1) is 12.6. The Bertz CT molecular complexity index is 545. The van der Waals surface area contributed by atoms with Crippen LogP contribution < -0.4 is 5.73 Å². The molecular formula is C18H25N3. The number of hydrogen-bond acceptors (Lipinski definition) is 3. The molecule has 0 aromatic carbocycles. The minimum absolute atomic E-state index is 0.166. The van der Waals surface area contributed by atoms with E-state index < -0.39 is 0 Å². The predicted octanol–water partition coefficient (Wildman–Crippen LogP) is 3.28. The van der Waals surface area contributed by atoms with Crippen LogP contribution in [0.5, 0.6) is 0 Å². The lowest BCUT2D eigenvalue weighted by Crippen LogP contribution is -2.49. The molecule has 1 unspecified atom stereocenters. The normalized spacial score (nSPS) is 43.9. The molecule has 4 fully saturated rings. The molecule has 0 aliphatic heterocycles. The van der Waals surface area contributed by atoms with Gasteiger partial charge < -0.3 is 5.73 Å². The maximum absolute atomic E-state index is 6.22. The molecule has 6 rings (SSSR count). The van der Waals surface area contributed by atoms with Gasteiger partial charge in [0.25, 0.3) is 0 Å². The second-order valence-electron chi connectivity index (χ2n) is 8.29. The van der Waals surface area contributed by atoms with E-state index in [0.29, 0.717) is 5.41 Å². The third-order valence-corrected chi connectivity index (χ3v) is 6.74. The highest BCUT2D eigenvalue weighted by Crippen LogP contribution is 2.60. The first-order valence-electron chi connectivity index (χ1n) is 8.84. The molecule has 5 aliphatic rings. The van der Waals surface area contributed by atoms with E-state index in [0.717, 1.165) is 30.6 Å². The fraction of sp³-hybridized carbons (Fsp3) is 0.778. The van der Waals surface area contributed by atoms with Crippen molar-refractivity contribution in [3.8, 4) is 0 Å². The standard InChI is InChI=1S/C18H25N3/c19-15-2-1-3-16-14(15)10-20-17(21-16)18-7-11-4-12(8-18)6-13(5-11)9-18/h10-13,15H,1-9,19H2. The molecule has 112 valence electrons. The molecule has 0 saturated heterocycles. The molecular weight excluding hydrogens is 258 g/mol. The lowest BCUT2D eigenvalue weighted by Gasteiger charge is -2.56. The Hall–Kier alpha value is -0.960. The van der Waals surface area contributed by atoms with Crippen LogP contribution in [0.15, 0.2) is 6.20 Å². The van der Waals surface area contributed by atoms with Gasteiger partial charge in [-0.15, -0.1) is 0 Å². The second kappa shape index (κ2) is 4.28. The van der Waals surface area contributed by atoms with Crippen molar-refractivity contribution in [1.82, 2.24) is 9.97 Å². The summed E-state index contributed by atoms with van der Waals surface area (Å²) in [5.74, 6) is 4.05. The summed E-state index contributed by atoms with van der Waals surface area (Å²) in [4.78, 5) is 9.90. The minimum atomic E-state index is 0.166. The molecule has 3 nitrogen and oxygen atoms in total. The highest BCUT2D eigenvalue weighted by Gasteiger charge is 2.53. The van der Waals surface area contributed by atoms with Crippen molar-refractivity contribution < 1.29 is 0 Å². The predicted molar refractivity (Wildman–Crippen MR) is 81.7 cm³/mol. The average molecular weight is 283 g/mol. The summed E-state index contributed by atoms with van der Waals surface area (Å²) in [7, 11) is 0. The van der Waals surface area contributed by atoms with E-state index in [9.17, 15) is 0 Å². The Morgan fingerprint density at radius 1 is 1.05 bits per heavy atom. The summed E-state index contributed by atoms with van der Waals surface area (Å²) in [6.07, 6.45) is 13.9. The number of aromatic nitrogens is 2. The van der Waals surface area contributed by atoms with Crippen molar-refractivity contribution in [3.63, 3.8) is 0 Å². The first-order valence-corrected chi connectivity index (χ1v) is 8.84. The average Bonchev–Trinajstić information content (AvgIpc) is 2.46. The van der Waals surface area contributed by atoms with E-state index in [4.69, 9.17) is 15.7 Å². The highest BCUT2D eigenvalue weighted by molar-refractivity contribution is 5.27. The molecule has 4 saturated carbocycles. The van der Waals surface area contributed by atoms with Gasteiger partial charge in [-0.3, -0.25) is 0 Å². The van der Waals surface area contributed by atoms with E-state index >= 15 is 0 Å². The van der Waals surface area contributed by atoms with Gasteiger partial charge in [-0.2, -0.15) is 0 Å². The van der Waals surface area contributed by atoms with E-state index in [1.54, 1.807) is 0 Å². The number of hydrogen-bond donors (Lipinski definition) is 1. The summed E-state index contributed by atoms with van der Waals surface area (Å²) in [5.41, 5.74) is 9.02. The van der Waals surface area contributed by atoms with Crippen LogP contribution in [0.1, 0.15) is 74.5 Å². The minimum Gasteiger partial charge on any atom is -0.324 e. The van der Waals surface area contributed by atoms with E-state index in [1.165, 1.54) is 62.0 Å². The quantitative estimate of drug-likeness (QED) is 0.860. The monoisotopic (exact) mass is 283 g/mol. The van der Waals surface area contributed by atoms with Crippen LogP contribution >= 0.6 is 0 Å². The summed E-state index contributed by atoms with van der Waals surface area (Å²) >= 11 is 0. The van der Waals surface area contributed by atoms with Gasteiger partial charge in [-0.05, 0) is 75.5 Å². The zero-order valence-electron chi connectivity index (χ0n) is 12.7. The summed E-state index contributed by atoms with van der Waals surface area (Å²) in [6.45, 7) is 0. The topological polar surface area (TPSA) is 51.8 Å². The van der Waals surface area contributed by atoms with E-state index in [1.807, 2.05) is 0 Å². The van der Waals surface area contributed by atoms with Gasteiger partial charge in [0.15, 0.2) is 0 Å². The van der Waals surface area contributed by atoms with Gasteiger partial charge in [-0.1, -0.05) is 0 Å². The molecule has 2 N–H and O–H groups in total. The van der Waals surface area contributed by atoms with Gasteiger partial charge in [0.1, 0.15) is 5.82 Å². The molecule has 1 aromatic heterocycles. The van der Waals surface area contributed by atoms with E-state index in [2.05, 4.69) is 6.20 Å². The van der Waals surface area contributed by atoms with Crippen molar-refractivity contribution in [2.45, 2.75) is 69.2 Å². The Morgan fingerprint density at radius 3 is 2.38 bits per heavy atom. The zero-order chi connectivity index (χ0) is 14.0. The van der Waals surface area contributed by atoms with Gasteiger partial charge >= 0.3 is 0 Å². The fourth-order valence-electron chi connectivity index (χ4n) is 6.22. The van der Waals surface area contributed by atoms with Crippen LogP contribution in [0.2, 0.25) is 0 Å². The van der Waals surface area contributed by atoms with Crippen molar-refractivity contribution in [2.75, 3.05) is 0 Å². The molecule has 3 heteroatoms. The van der Waals surface area contributed by atoms with Crippen molar-refractivity contribution >= 4 is 0 Å². The second-order valence-corrected chi connectivity index (χ2v) is 8.29. The van der Waals surface area contributed by atoms with Crippen molar-refractivity contribution in [1.29, 1.82) is 0 Å². The number of fused-ring (bicyclic) bond motifs is 1. The van der Waals surface area contributed by atoms with Crippen LogP contribution in [0.25, 0.3) is 0 Å². The smallest absolute Gasteiger partial charge is 0.134 e. The SMILES string of the molecule is NC1CCCc2nc(C34CC5CC(CC(C5)C3)C4)ncc21. The summed E-state index contributed by atoms with van der Waals surface area (Å²) in [6, 6.07) is 0.166. The summed E-state index contributed by atoms with van der Waals surface area (Å²) < 4.78 is 0. The van der Waals surface area contributed by atoms with Gasteiger partial charge in [0, 0.05) is 28.9 Å². The number of nitrogens with two attached hydrogens (primary N) is 1. The van der Waals surface area contributed by atoms with Gasteiger partial charge in [0.2, 0.25) is 0 Å². The Labute approximate surface area is 126 Å². The molecule has 0 spiro atoms. The van der Waals surface area contributed by atoms with Crippen LogP contribution in [0.3, 0.4) is 0 Å². The number of aryl methyl sites for hydroxylation is 1. The molecule has 4 bridgehead atoms. The van der Waals surface area contributed by atoms with Crippen LogP contribution in [0.4, 0.5) is 0 Å². The van der Waals surface area contributed by atoms with Crippen molar-refractivity contribution in [2.24, 2.45) is 23.5 Å². The third-order valence-electron chi connectivity index (χ3n) is 6.74. The molecule has 1 aromatic rings. The van der Waals surface area contributed by atoms with Gasteiger partial charge in [-0.25, -0.2) is 9.97 Å². The number of nitrogens with zero attached hydrogens (tertiary/aromatic N) is 2. The molecule has 0 amide bonds. The van der Waals surface area contributed by atoms with E-state index in [-0.39, 0.29) is 6.04 Å². The molecule has 5 aliphatic carbocycles. The first-order chi connectivity index (χ1) is 10.2. The highest BCUT2D eigenvalue weighted by atomic mass is 14.9. The Morgan fingerprint density at radius 2 is 1.71 bits per heavy atom. The van der Waals surface area contributed by atoms with Crippen LogP contribution in [-0.2, 0) is 11.8 Å². The van der Waals surface area contributed by atoms with Gasteiger partial charge in [0.05, 0.1) is 0 Å². The number of rotatable bonds is 1. The molecule has 21 heavy (non-hydrogen) atoms.